The van der Waals surface area contributed by atoms with Gasteiger partial charge in [-0.25, -0.2) is 9.59 Å². The Kier molecular flexibility index (Phi) is 7.39. The normalized spacial score (nSPS) is 10.6. The van der Waals surface area contributed by atoms with Crippen molar-refractivity contribution in [3.05, 3.63) is 78.5 Å². The van der Waals surface area contributed by atoms with Gasteiger partial charge in [0.15, 0.2) is 0 Å². The maximum atomic E-state index is 12.3. The van der Waals surface area contributed by atoms with Crippen molar-refractivity contribution in [2.45, 2.75) is 23.6 Å². The fraction of sp³-hybridized carbons (Fsp3) is 0.150. The highest BCUT2D eigenvalue weighted by Crippen LogP contribution is 2.37. The average molecular weight is 495 g/mol. The zero-order valence-electron chi connectivity index (χ0n) is 16.8. The summed E-state index contributed by atoms with van der Waals surface area (Å²) in [6.45, 7) is 3.37. The summed E-state index contributed by atoms with van der Waals surface area (Å²) in [4.78, 5) is 51.7. The lowest BCUT2D eigenvalue weighted by atomic mass is 10.2. The molecule has 0 fully saturated rings. The smallest absolute Gasteiger partial charge is 0.414 e. The van der Waals surface area contributed by atoms with Gasteiger partial charge in [-0.05, 0) is 55.8 Å². The van der Waals surface area contributed by atoms with Crippen molar-refractivity contribution in [3.63, 3.8) is 0 Å². The highest BCUT2D eigenvalue weighted by Gasteiger charge is 2.20. The molecule has 0 aliphatic carbocycles. The van der Waals surface area contributed by atoms with Crippen LogP contribution in [0.15, 0.2) is 55.8 Å². The predicted molar refractivity (Wildman–Crippen MR) is 120 cm³/mol. The van der Waals surface area contributed by atoms with Crippen molar-refractivity contribution in [2.24, 2.45) is 0 Å². The molecule has 166 valence electrons. The predicted octanol–water partition coefficient (Wildman–Crippen LogP) is 3.57. The molecule has 0 saturated carbocycles. The van der Waals surface area contributed by atoms with E-state index < -0.39 is 28.9 Å². The maximum Gasteiger partial charge on any atom is 0.414 e. The van der Waals surface area contributed by atoms with Crippen LogP contribution in [0.2, 0.25) is 10.0 Å². The van der Waals surface area contributed by atoms with Gasteiger partial charge < -0.3 is 4.74 Å². The second-order valence-electron chi connectivity index (χ2n) is 6.32. The molecule has 1 heterocycles. The van der Waals surface area contributed by atoms with Gasteiger partial charge in [0.1, 0.15) is 0 Å². The summed E-state index contributed by atoms with van der Waals surface area (Å²) in [7, 11) is 0. The Morgan fingerprint density at radius 3 is 2.50 bits per heavy atom. The first-order chi connectivity index (χ1) is 15.2. The molecule has 0 atom stereocenters. The van der Waals surface area contributed by atoms with Crippen molar-refractivity contribution in [1.29, 1.82) is 0 Å². The summed E-state index contributed by atoms with van der Waals surface area (Å²) in [5.74, 6) is -1.11. The number of aromatic amines is 1. The molecule has 2 N–H and O–H groups in total. The molecule has 0 aliphatic rings. The Morgan fingerprint density at radius 1 is 1.19 bits per heavy atom. The second kappa shape index (κ2) is 10.0. The number of aryl methyl sites for hydroxylation is 1. The van der Waals surface area contributed by atoms with Gasteiger partial charge in [0, 0.05) is 14.8 Å². The third-order valence-electron chi connectivity index (χ3n) is 4.03. The van der Waals surface area contributed by atoms with Gasteiger partial charge in [0.25, 0.3) is 11.5 Å². The second-order valence-corrected chi connectivity index (χ2v) is 8.25. The Bertz CT molecular complexity index is 1280. The van der Waals surface area contributed by atoms with Gasteiger partial charge in [-0.15, -0.1) is 0 Å². The molecule has 32 heavy (non-hydrogen) atoms. The highest BCUT2D eigenvalue weighted by molar-refractivity contribution is 7.99. The third-order valence-corrected chi connectivity index (χ3v) is 5.94. The SMILES string of the molecule is CCOC(=O)NC(=O)c1nn(-c2cc(C)c(Sc3ccc(Cl)cc3)c(Cl)c2)c(=O)[nH]c1=O. The first-order valence-corrected chi connectivity index (χ1v) is 10.7. The summed E-state index contributed by atoms with van der Waals surface area (Å²) in [6.07, 6.45) is -1.04. The third kappa shape index (κ3) is 5.39. The number of ether oxygens (including phenoxy) is 1. The number of rotatable bonds is 5. The van der Waals surface area contributed by atoms with Crippen molar-refractivity contribution in [1.82, 2.24) is 20.1 Å². The van der Waals surface area contributed by atoms with Gasteiger partial charge >= 0.3 is 11.8 Å². The molecule has 3 aromatic rings. The number of nitrogens with zero attached hydrogens (tertiary/aromatic N) is 2. The van der Waals surface area contributed by atoms with Crippen molar-refractivity contribution in [3.8, 4) is 5.69 Å². The lowest BCUT2D eigenvalue weighted by Crippen LogP contribution is -2.41. The minimum atomic E-state index is -1.11. The van der Waals surface area contributed by atoms with Gasteiger partial charge in [-0.2, -0.15) is 9.78 Å². The molecule has 0 unspecified atom stereocenters. The molecule has 0 spiro atoms. The van der Waals surface area contributed by atoms with Crippen LogP contribution >= 0.6 is 35.0 Å². The molecule has 2 aromatic carbocycles. The van der Waals surface area contributed by atoms with E-state index in [1.807, 2.05) is 22.4 Å². The lowest BCUT2D eigenvalue weighted by Gasteiger charge is -2.12. The van der Waals surface area contributed by atoms with E-state index >= 15 is 0 Å². The zero-order chi connectivity index (χ0) is 23.4. The molecule has 0 radical (unpaired) electrons. The van der Waals surface area contributed by atoms with Gasteiger partial charge in [0.05, 0.1) is 17.3 Å². The number of nitrogens with one attached hydrogen (secondary N) is 2. The van der Waals surface area contributed by atoms with Crippen LogP contribution in [0.3, 0.4) is 0 Å². The Hall–Kier alpha value is -3.08. The molecular weight excluding hydrogens is 479 g/mol. The number of imide groups is 1. The summed E-state index contributed by atoms with van der Waals surface area (Å²) in [5.41, 5.74) is -1.67. The molecule has 1 aromatic heterocycles. The van der Waals surface area contributed by atoms with Crippen LogP contribution in [0.25, 0.3) is 5.69 Å². The minimum Gasteiger partial charge on any atom is -0.450 e. The van der Waals surface area contributed by atoms with E-state index in [0.717, 1.165) is 20.0 Å². The number of hydrogen-bond donors (Lipinski definition) is 2. The number of carbonyl (C=O) groups excluding carboxylic acids is 2. The Labute approximate surface area is 195 Å². The molecular formula is C20H16Cl2N4O5S. The van der Waals surface area contributed by atoms with E-state index in [-0.39, 0.29) is 12.3 Å². The fourth-order valence-electron chi connectivity index (χ4n) is 2.63. The quantitative estimate of drug-likeness (QED) is 0.555. The topological polar surface area (TPSA) is 123 Å². The highest BCUT2D eigenvalue weighted by atomic mass is 35.5. The van der Waals surface area contributed by atoms with Crippen LogP contribution in [0.1, 0.15) is 23.0 Å². The number of aromatic nitrogens is 3. The molecule has 0 bridgehead atoms. The number of alkyl carbamates (subject to hydrolysis) is 1. The van der Waals surface area contributed by atoms with Crippen molar-refractivity contribution in [2.75, 3.05) is 6.61 Å². The number of H-pyrrole nitrogens is 1. The van der Waals surface area contributed by atoms with E-state index in [9.17, 15) is 19.2 Å². The van der Waals surface area contributed by atoms with E-state index in [2.05, 4.69) is 9.84 Å². The van der Waals surface area contributed by atoms with Crippen LogP contribution in [-0.2, 0) is 4.74 Å². The monoisotopic (exact) mass is 494 g/mol. The van der Waals surface area contributed by atoms with E-state index in [0.29, 0.717) is 10.0 Å². The Balaban J connectivity index is 1.98. The first-order valence-electron chi connectivity index (χ1n) is 9.15. The van der Waals surface area contributed by atoms with E-state index in [1.54, 1.807) is 32.0 Å². The van der Waals surface area contributed by atoms with Crippen LogP contribution in [0.5, 0.6) is 0 Å². The summed E-state index contributed by atoms with van der Waals surface area (Å²) >= 11 is 13.8. The van der Waals surface area contributed by atoms with Crippen molar-refractivity contribution >= 4 is 47.0 Å². The number of benzene rings is 2. The lowest BCUT2D eigenvalue weighted by molar-refractivity contribution is 0.0916. The summed E-state index contributed by atoms with van der Waals surface area (Å²) < 4.78 is 5.42. The largest absolute Gasteiger partial charge is 0.450 e. The number of halogens is 2. The van der Waals surface area contributed by atoms with Crippen molar-refractivity contribution < 1.29 is 14.3 Å². The van der Waals surface area contributed by atoms with Crippen LogP contribution in [0, 0.1) is 6.92 Å². The van der Waals surface area contributed by atoms with Crippen LogP contribution in [-0.4, -0.2) is 33.4 Å². The maximum absolute atomic E-state index is 12.3. The van der Waals surface area contributed by atoms with E-state index in [1.165, 1.54) is 17.8 Å². The van der Waals surface area contributed by atoms with E-state index in [4.69, 9.17) is 23.2 Å². The molecule has 0 saturated heterocycles. The minimum absolute atomic E-state index is 0.0283. The number of amides is 2. The van der Waals surface area contributed by atoms with Gasteiger partial charge in [-0.1, -0.05) is 35.0 Å². The standard InChI is InChI=1S/C20H16Cl2N4O5S/c1-3-31-20(30)24-18(28)15-17(27)23-19(29)26(25-15)12-8-10(2)16(14(22)9-12)32-13-6-4-11(21)5-7-13/h4-9H,3H2,1-2H3,(H,23,27,29)(H,24,28,30). The fourth-order valence-corrected chi connectivity index (χ4v) is 4.01. The van der Waals surface area contributed by atoms with Crippen LogP contribution < -0.4 is 16.6 Å². The molecule has 12 heteroatoms. The van der Waals surface area contributed by atoms with Crippen LogP contribution in [0.4, 0.5) is 4.79 Å². The number of hydrogen-bond acceptors (Lipinski definition) is 7. The first kappa shape index (κ1) is 23.6. The molecule has 9 nitrogen and oxygen atoms in total. The summed E-state index contributed by atoms with van der Waals surface area (Å²) in [6, 6.07) is 10.3. The Morgan fingerprint density at radius 2 is 1.88 bits per heavy atom. The van der Waals surface area contributed by atoms with Gasteiger partial charge in [0.2, 0.25) is 5.69 Å². The average Bonchev–Trinajstić information content (AvgIpc) is 2.72. The number of carbonyl (C=O) groups is 2. The zero-order valence-corrected chi connectivity index (χ0v) is 19.1. The molecule has 3 rings (SSSR count). The van der Waals surface area contributed by atoms with Gasteiger partial charge in [-0.3, -0.25) is 19.9 Å². The molecule has 2 amide bonds. The summed E-state index contributed by atoms with van der Waals surface area (Å²) in [5, 5.41) is 6.62. The molecule has 0 aliphatic heterocycles.